The van der Waals surface area contributed by atoms with Gasteiger partial charge in [-0.1, -0.05) is 20.8 Å². The minimum absolute atomic E-state index is 0.152. The summed E-state index contributed by atoms with van der Waals surface area (Å²) in [5.74, 6) is 0. The molecule has 118 valence electrons. The molecule has 1 unspecified atom stereocenters. The van der Waals surface area contributed by atoms with Crippen molar-refractivity contribution in [3.05, 3.63) is 0 Å². The zero-order chi connectivity index (χ0) is 15.8. The van der Waals surface area contributed by atoms with Crippen LogP contribution in [0.2, 0.25) is 0 Å². The molecule has 0 rings (SSSR count). The van der Waals surface area contributed by atoms with Gasteiger partial charge >= 0.3 is 0 Å². The molecule has 0 amide bonds. The van der Waals surface area contributed by atoms with Crippen molar-refractivity contribution in [1.29, 1.82) is 5.26 Å². The SMILES string of the molecule is CCC(C)(C)COP(OCCC#N)N(C(C)C)C(C)C. The first-order valence-corrected chi connectivity index (χ1v) is 8.59. The summed E-state index contributed by atoms with van der Waals surface area (Å²) in [6.07, 6.45) is 1.47. The van der Waals surface area contributed by atoms with Crippen molar-refractivity contribution in [3.8, 4) is 6.07 Å². The maximum absolute atomic E-state index is 8.66. The van der Waals surface area contributed by atoms with Crippen LogP contribution in [-0.2, 0) is 9.05 Å². The van der Waals surface area contributed by atoms with Gasteiger partial charge in [0.05, 0.1) is 25.7 Å². The molecule has 0 aliphatic heterocycles. The van der Waals surface area contributed by atoms with Gasteiger partial charge in [0.1, 0.15) is 0 Å². The largest absolute Gasteiger partial charge is 0.321 e. The standard InChI is InChI=1S/C15H31N2O2P/c1-8-15(6,7)12-19-20(18-11-9-10-16)17(13(2)3)14(4)5/h13-14H,8-9,11-12H2,1-7H3. The quantitative estimate of drug-likeness (QED) is 0.433. The average Bonchev–Trinajstić information content (AvgIpc) is 2.35. The van der Waals surface area contributed by atoms with Crippen molar-refractivity contribution in [2.24, 2.45) is 5.41 Å². The highest BCUT2D eigenvalue weighted by Crippen LogP contribution is 2.47. The first-order valence-electron chi connectivity index (χ1n) is 7.46. The predicted molar refractivity (Wildman–Crippen MR) is 85.2 cm³/mol. The molecule has 0 aliphatic carbocycles. The summed E-state index contributed by atoms with van der Waals surface area (Å²) in [4.78, 5) is 0. The Morgan fingerprint density at radius 2 is 1.70 bits per heavy atom. The van der Waals surface area contributed by atoms with E-state index >= 15 is 0 Å². The molecule has 1 atom stereocenters. The molecular weight excluding hydrogens is 271 g/mol. The summed E-state index contributed by atoms with van der Waals surface area (Å²) in [6.45, 7) is 16.3. The molecule has 0 aromatic heterocycles. The van der Waals surface area contributed by atoms with E-state index in [0.717, 1.165) is 6.42 Å². The molecular formula is C15H31N2O2P. The lowest BCUT2D eigenvalue weighted by Gasteiger charge is -2.37. The Labute approximate surface area is 126 Å². The lowest BCUT2D eigenvalue weighted by Crippen LogP contribution is -2.34. The number of nitrogens with zero attached hydrogens (tertiary/aromatic N) is 2. The zero-order valence-electron chi connectivity index (χ0n) is 14.1. The van der Waals surface area contributed by atoms with Crippen molar-refractivity contribution >= 4 is 8.53 Å². The lowest BCUT2D eigenvalue weighted by atomic mass is 9.92. The highest BCUT2D eigenvalue weighted by Gasteiger charge is 2.29. The Kier molecular flexibility index (Phi) is 9.59. The molecule has 0 aromatic carbocycles. The van der Waals surface area contributed by atoms with Gasteiger partial charge in [0.25, 0.3) is 8.53 Å². The molecule has 4 nitrogen and oxygen atoms in total. The fourth-order valence-corrected chi connectivity index (χ4v) is 3.45. The third-order valence-corrected chi connectivity index (χ3v) is 5.24. The van der Waals surface area contributed by atoms with Gasteiger partial charge in [-0.3, -0.25) is 0 Å². The Balaban J connectivity index is 4.74. The van der Waals surface area contributed by atoms with Crippen LogP contribution in [0.1, 0.15) is 61.3 Å². The smallest absolute Gasteiger partial charge is 0.259 e. The van der Waals surface area contributed by atoms with Crippen LogP contribution in [0.4, 0.5) is 0 Å². The van der Waals surface area contributed by atoms with Gasteiger partial charge in [0.2, 0.25) is 0 Å². The van der Waals surface area contributed by atoms with Gasteiger partial charge in [0, 0.05) is 12.1 Å². The monoisotopic (exact) mass is 302 g/mol. The maximum Gasteiger partial charge on any atom is 0.259 e. The van der Waals surface area contributed by atoms with Gasteiger partial charge < -0.3 is 9.05 Å². The van der Waals surface area contributed by atoms with Gasteiger partial charge in [-0.05, 0) is 39.5 Å². The topological polar surface area (TPSA) is 45.5 Å². The molecule has 0 bridgehead atoms. The van der Waals surface area contributed by atoms with E-state index in [2.05, 4.69) is 59.2 Å². The summed E-state index contributed by atoms with van der Waals surface area (Å²) < 4.78 is 14.2. The van der Waals surface area contributed by atoms with E-state index < -0.39 is 8.53 Å². The van der Waals surface area contributed by atoms with Gasteiger partial charge in [-0.2, -0.15) is 5.26 Å². The predicted octanol–water partition coefficient (Wildman–Crippen LogP) is 4.72. The second kappa shape index (κ2) is 9.68. The van der Waals surface area contributed by atoms with E-state index in [4.69, 9.17) is 14.3 Å². The van der Waals surface area contributed by atoms with Crippen LogP contribution in [0.3, 0.4) is 0 Å². The molecule has 0 aliphatic rings. The van der Waals surface area contributed by atoms with E-state index in [-0.39, 0.29) is 5.41 Å². The second-order valence-corrected chi connectivity index (χ2v) is 7.79. The van der Waals surface area contributed by atoms with Crippen molar-refractivity contribution in [2.75, 3.05) is 13.2 Å². The summed E-state index contributed by atoms with van der Waals surface area (Å²) >= 11 is 0. The minimum Gasteiger partial charge on any atom is -0.321 e. The highest BCUT2D eigenvalue weighted by molar-refractivity contribution is 7.44. The summed E-state index contributed by atoms with van der Waals surface area (Å²) in [5.41, 5.74) is 0.152. The molecule has 0 fully saturated rings. The Morgan fingerprint density at radius 1 is 1.15 bits per heavy atom. The zero-order valence-corrected chi connectivity index (χ0v) is 15.0. The molecule has 0 saturated heterocycles. The van der Waals surface area contributed by atoms with E-state index in [1.54, 1.807) is 0 Å². The summed E-state index contributed by atoms with van der Waals surface area (Å²) in [5, 5.41) is 8.66. The number of nitriles is 1. The van der Waals surface area contributed by atoms with Gasteiger partial charge in [0.15, 0.2) is 0 Å². The van der Waals surface area contributed by atoms with Gasteiger partial charge in [-0.25, -0.2) is 4.67 Å². The summed E-state index contributed by atoms with van der Waals surface area (Å²) in [6, 6.07) is 2.82. The molecule has 20 heavy (non-hydrogen) atoms. The van der Waals surface area contributed by atoms with Crippen LogP contribution >= 0.6 is 8.53 Å². The average molecular weight is 302 g/mol. The van der Waals surface area contributed by atoms with Crippen molar-refractivity contribution in [2.45, 2.75) is 73.4 Å². The molecule has 5 heteroatoms. The number of hydrogen-bond donors (Lipinski definition) is 0. The third kappa shape index (κ3) is 7.55. The van der Waals surface area contributed by atoms with Crippen molar-refractivity contribution in [3.63, 3.8) is 0 Å². The van der Waals surface area contributed by atoms with E-state index in [9.17, 15) is 0 Å². The second-order valence-electron chi connectivity index (χ2n) is 6.34. The van der Waals surface area contributed by atoms with E-state index in [1.807, 2.05) is 0 Å². The van der Waals surface area contributed by atoms with Crippen LogP contribution in [0.25, 0.3) is 0 Å². The third-order valence-electron chi connectivity index (χ3n) is 3.19. The van der Waals surface area contributed by atoms with E-state index in [1.165, 1.54) is 0 Å². The Bertz CT molecular complexity index is 293. The fraction of sp³-hybridized carbons (Fsp3) is 0.933. The lowest BCUT2D eigenvalue weighted by molar-refractivity contribution is 0.126. The Morgan fingerprint density at radius 3 is 2.10 bits per heavy atom. The first-order chi connectivity index (χ1) is 9.25. The number of hydrogen-bond acceptors (Lipinski definition) is 4. The van der Waals surface area contributed by atoms with Gasteiger partial charge in [-0.15, -0.1) is 0 Å². The Hall–Kier alpha value is -0.200. The molecule has 0 aromatic rings. The molecule has 0 saturated carbocycles. The van der Waals surface area contributed by atoms with Crippen molar-refractivity contribution in [1.82, 2.24) is 4.67 Å². The van der Waals surface area contributed by atoms with Crippen LogP contribution in [-0.4, -0.2) is 30.0 Å². The van der Waals surface area contributed by atoms with Crippen LogP contribution in [0.5, 0.6) is 0 Å². The summed E-state index contributed by atoms with van der Waals surface area (Å²) in [7, 11) is -1.10. The normalized spacial score (nSPS) is 14.1. The van der Waals surface area contributed by atoms with Crippen LogP contribution in [0, 0.1) is 16.7 Å². The van der Waals surface area contributed by atoms with Crippen molar-refractivity contribution < 1.29 is 9.05 Å². The molecule has 0 N–H and O–H groups in total. The number of rotatable bonds is 10. The van der Waals surface area contributed by atoms with Crippen LogP contribution < -0.4 is 0 Å². The fourth-order valence-electron chi connectivity index (χ4n) is 1.65. The minimum atomic E-state index is -1.10. The van der Waals surface area contributed by atoms with E-state index in [0.29, 0.717) is 31.7 Å². The molecule has 0 radical (unpaired) electrons. The molecule has 0 heterocycles. The first kappa shape index (κ1) is 19.8. The van der Waals surface area contributed by atoms with Crippen LogP contribution in [0.15, 0.2) is 0 Å². The maximum atomic E-state index is 8.66. The molecule has 0 spiro atoms. The highest BCUT2D eigenvalue weighted by atomic mass is 31.2.